The minimum atomic E-state index is -0.873. The molecule has 0 heterocycles. The highest BCUT2D eigenvalue weighted by molar-refractivity contribution is 5.96. The first-order valence-corrected chi connectivity index (χ1v) is 6.58. The monoisotopic (exact) mass is 286 g/mol. The van der Waals surface area contributed by atoms with Gasteiger partial charge < -0.3 is 16.2 Å². The van der Waals surface area contributed by atoms with Crippen LogP contribution in [0.2, 0.25) is 0 Å². The molecule has 0 aromatic heterocycles. The summed E-state index contributed by atoms with van der Waals surface area (Å²) in [7, 11) is 1.30. The summed E-state index contributed by atoms with van der Waals surface area (Å²) >= 11 is 0. The third kappa shape index (κ3) is 2.79. The maximum absolute atomic E-state index is 11.7. The summed E-state index contributed by atoms with van der Waals surface area (Å²) in [5.74, 6) is -0.631. The minimum absolute atomic E-state index is 0.120. The van der Waals surface area contributed by atoms with Crippen molar-refractivity contribution >= 4 is 22.5 Å². The standard InChI is InChI=1S/C16H18N2O3/c1-9(19)14(17)12-7-3-6-11-10(12)5-4-8-13(11)15(18)16(20)21-2/h3-8,14-15H,17-18H2,1-2H3. The van der Waals surface area contributed by atoms with Gasteiger partial charge in [-0.3, -0.25) is 9.59 Å². The van der Waals surface area contributed by atoms with Crippen LogP contribution in [-0.4, -0.2) is 18.9 Å². The zero-order valence-corrected chi connectivity index (χ0v) is 12.0. The summed E-state index contributed by atoms with van der Waals surface area (Å²) in [6.45, 7) is 1.45. The number of ketones is 1. The summed E-state index contributed by atoms with van der Waals surface area (Å²) in [6.07, 6.45) is 0. The van der Waals surface area contributed by atoms with E-state index in [-0.39, 0.29) is 5.78 Å². The second kappa shape index (κ2) is 6.03. The van der Waals surface area contributed by atoms with Gasteiger partial charge in [-0.2, -0.15) is 0 Å². The van der Waals surface area contributed by atoms with Crippen LogP contribution in [0.1, 0.15) is 30.1 Å². The zero-order valence-electron chi connectivity index (χ0n) is 12.0. The lowest BCUT2D eigenvalue weighted by Gasteiger charge is -2.16. The van der Waals surface area contributed by atoms with Gasteiger partial charge in [0.2, 0.25) is 0 Å². The van der Waals surface area contributed by atoms with Gasteiger partial charge in [-0.05, 0) is 28.8 Å². The Balaban J connectivity index is 2.64. The molecule has 0 fully saturated rings. The lowest BCUT2D eigenvalue weighted by molar-refractivity contribution is -0.142. The summed E-state index contributed by atoms with van der Waals surface area (Å²) in [5, 5.41) is 1.61. The van der Waals surface area contributed by atoms with Crippen LogP contribution in [0.5, 0.6) is 0 Å². The fourth-order valence-corrected chi connectivity index (χ4v) is 2.37. The Morgan fingerprint density at radius 3 is 1.86 bits per heavy atom. The number of hydrogen-bond donors (Lipinski definition) is 2. The largest absolute Gasteiger partial charge is 0.468 e. The van der Waals surface area contributed by atoms with E-state index in [1.54, 1.807) is 18.2 Å². The fraction of sp³-hybridized carbons (Fsp3) is 0.250. The quantitative estimate of drug-likeness (QED) is 0.832. The van der Waals surface area contributed by atoms with Crippen LogP contribution in [-0.2, 0) is 14.3 Å². The molecule has 0 bridgehead atoms. The average Bonchev–Trinajstić information content (AvgIpc) is 2.51. The first kappa shape index (κ1) is 15.2. The van der Waals surface area contributed by atoms with Crippen LogP contribution < -0.4 is 11.5 Å². The summed E-state index contributed by atoms with van der Waals surface area (Å²) < 4.78 is 4.69. The highest BCUT2D eigenvalue weighted by Gasteiger charge is 2.20. The highest BCUT2D eigenvalue weighted by atomic mass is 16.5. The van der Waals surface area contributed by atoms with Crippen LogP contribution in [0, 0.1) is 0 Å². The van der Waals surface area contributed by atoms with Gasteiger partial charge in [0.05, 0.1) is 13.2 Å². The van der Waals surface area contributed by atoms with E-state index in [4.69, 9.17) is 11.5 Å². The summed E-state index contributed by atoms with van der Waals surface area (Å²) in [5.41, 5.74) is 13.2. The van der Waals surface area contributed by atoms with Crippen molar-refractivity contribution < 1.29 is 14.3 Å². The van der Waals surface area contributed by atoms with E-state index in [9.17, 15) is 9.59 Å². The Hall–Kier alpha value is -2.24. The van der Waals surface area contributed by atoms with Crippen molar-refractivity contribution in [3.05, 3.63) is 47.5 Å². The summed E-state index contributed by atoms with van der Waals surface area (Å²) in [4.78, 5) is 23.2. The number of carbonyl (C=O) groups excluding carboxylic acids is 2. The first-order valence-electron chi connectivity index (χ1n) is 6.58. The molecular formula is C16H18N2O3. The molecule has 0 aliphatic carbocycles. The van der Waals surface area contributed by atoms with Crippen LogP contribution in [0.4, 0.5) is 0 Å². The molecule has 0 saturated heterocycles. The van der Waals surface area contributed by atoms with Gasteiger partial charge in [0.1, 0.15) is 6.04 Å². The third-order valence-corrected chi connectivity index (χ3v) is 3.55. The number of methoxy groups -OCH3 is 1. The van der Waals surface area contributed by atoms with E-state index in [2.05, 4.69) is 4.74 Å². The molecule has 0 amide bonds. The number of carbonyl (C=O) groups is 2. The first-order chi connectivity index (χ1) is 9.97. The number of benzene rings is 2. The number of nitrogens with two attached hydrogens (primary N) is 2. The molecule has 0 radical (unpaired) electrons. The molecule has 2 aromatic carbocycles. The molecule has 2 aromatic rings. The van der Waals surface area contributed by atoms with Gasteiger partial charge in [-0.15, -0.1) is 0 Å². The van der Waals surface area contributed by atoms with E-state index < -0.39 is 18.1 Å². The van der Waals surface area contributed by atoms with E-state index in [1.807, 2.05) is 18.2 Å². The van der Waals surface area contributed by atoms with Crippen molar-refractivity contribution in [2.75, 3.05) is 7.11 Å². The second-order valence-electron chi connectivity index (χ2n) is 4.88. The van der Waals surface area contributed by atoms with E-state index in [1.165, 1.54) is 14.0 Å². The van der Waals surface area contributed by atoms with Crippen molar-refractivity contribution in [2.24, 2.45) is 11.5 Å². The van der Waals surface area contributed by atoms with E-state index in [0.29, 0.717) is 5.56 Å². The molecule has 0 spiro atoms. The van der Waals surface area contributed by atoms with E-state index in [0.717, 1.165) is 16.3 Å². The zero-order chi connectivity index (χ0) is 15.6. The molecule has 5 nitrogen and oxygen atoms in total. The van der Waals surface area contributed by atoms with Gasteiger partial charge >= 0.3 is 5.97 Å². The number of esters is 1. The molecule has 0 aliphatic heterocycles. The number of hydrogen-bond acceptors (Lipinski definition) is 5. The molecule has 0 saturated carbocycles. The van der Waals surface area contributed by atoms with Crippen LogP contribution in [0.3, 0.4) is 0 Å². The Bertz CT molecular complexity index is 697. The highest BCUT2D eigenvalue weighted by Crippen LogP contribution is 2.29. The Kier molecular flexibility index (Phi) is 4.35. The molecule has 4 N–H and O–H groups in total. The lowest BCUT2D eigenvalue weighted by atomic mass is 9.92. The predicted octanol–water partition coefficient (Wildman–Crippen LogP) is 1.60. The smallest absolute Gasteiger partial charge is 0.327 e. The van der Waals surface area contributed by atoms with Crippen molar-refractivity contribution in [2.45, 2.75) is 19.0 Å². The molecule has 2 unspecified atom stereocenters. The predicted molar refractivity (Wildman–Crippen MR) is 80.5 cm³/mol. The normalized spacial score (nSPS) is 13.7. The van der Waals surface area contributed by atoms with Gasteiger partial charge in [0.25, 0.3) is 0 Å². The lowest BCUT2D eigenvalue weighted by Crippen LogP contribution is -2.23. The molecule has 21 heavy (non-hydrogen) atoms. The van der Waals surface area contributed by atoms with Crippen LogP contribution >= 0.6 is 0 Å². The minimum Gasteiger partial charge on any atom is -0.468 e. The molecular weight excluding hydrogens is 268 g/mol. The molecule has 110 valence electrons. The van der Waals surface area contributed by atoms with E-state index >= 15 is 0 Å². The average molecular weight is 286 g/mol. The maximum Gasteiger partial charge on any atom is 0.327 e. The fourth-order valence-electron chi connectivity index (χ4n) is 2.37. The SMILES string of the molecule is COC(=O)C(N)c1cccc2c(C(N)C(C)=O)cccc12. The number of ether oxygens (including phenoxy) is 1. The third-order valence-electron chi connectivity index (χ3n) is 3.55. The van der Waals surface area contributed by atoms with Crippen LogP contribution in [0.25, 0.3) is 10.8 Å². The second-order valence-corrected chi connectivity index (χ2v) is 4.88. The van der Waals surface area contributed by atoms with Gasteiger partial charge in [-0.1, -0.05) is 36.4 Å². The number of fused-ring (bicyclic) bond motifs is 1. The van der Waals surface area contributed by atoms with Crippen molar-refractivity contribution in [1.82, 2.24) is 0 Å². The molecule has 0 aliphatic rings. The Morgan fingerprint density at radius 2 is 1.43 bits per heavy atom. The summed E-state index contributed by atoms with van der Waals surface area (Å²) in [6, 6.07) is 9.31. The molecule has 2 rings (SSSR count). The number of Topliss-reactive ketones (excluding diaryl/α,β-unsaturated/α-hetero) is 1. The van der Waals surface area contributed by atoms with Crippen molar-refractivity contribution in [1.29, 1.82) is 0 Å². The Labute approximate surface area is 122 Å². The topological polar surface area (TPSA) is 95.4 Å². The van der Waals surface area contributed by atoms with Gasteiger partial charge in [0, 0.05) is 0 Å². The van der Waals surface area contributed by atoms with Crippen LogP contribution in [0.15, 0.2) is 36.4 Å². The molecule has 5 heteroatoms. The Morgan fingerprint density at radius 1 is 0.952 bits per heavy atom. The maximum atomic E-state index is 11.7. The number of rotatable bonds is 4. The van der Waals surface area contributed by atoms with Gasteiger partial charge in [0.15, 0.2) is 5.78 Å². The molecule has 2 atom stereocenters. The van der Waals surface area contributed by atoms with Crippen molar-refractivity contribution in [3.8, 4) is 0 Å². The van der Waals surface area contributed by atoms with Gasteiger partial charge in [-0.25, -0.2) is 0 Å². The van der Waals surface area contributed by atoms with Crippen molar-refractivity contribution in [3.63, 3.8) is 0 Å².